The van der Waals surface area contributed by atoms with Gasteiger partial charge in [-0.3, -0.25) is 0 Å². The van der Waals surface area contributed by atoms with Crippen molar-refractivity contribution in [1.29, 1.82) is 0 Å². The van der Waals surface area contributed by atoms with Crippen LogP contribution in [0.5, 0.6) is 0 Å². The monoisotopic (exact) mass is 183 g/mol. The van der Waals surface area contributed by atoms with Crippen LogP contribution in [-0.4, -0.2) is 33.3 Å². The standard InChI is InChI=1S/C8H13N3O2/c1-11-7(5-9-10-11)8(12)3-2-4-13-6-8/h5,12H,2-4,6H2,1H3. The van der Waals surface area contributed by atoms with E-state index < -0.39 is 5.60 Å². The number of hydrogen-bond donors (Lipinski definition) is 1. The Morgan fingerprint density at radius 3 is 3.08 bits per heavy atom. The molecular formula is C8H13N3O2. The lowest BCUT2D eigenvalue weighted by atomic mass is 9.93. The zero-order chi connectivity index (χ0) is 9.31. The van der Waals surface area contributed by atoms with Crippen LogP contribution in [-0.2, 0) is 17.4 Å². The lowest BCUT2D eigenvalue weighted by Gasteiger charge is -2.31. The summed E-state index contributed by atoms with van der Waals surface area (Å²) in [6.07, 6.45) is 3.19. The van der Waals surface area contributed by atoms with E-state index >= 15 is 0 Å². The second-order valence-electron chi connectivity index (χ2n) is 3.43. The SMILES string of the molecule is Cn1nncc1C1(O)CCCOC1. The Hall–Kier alpha value is -0.940. The van der Waals surface area contributed by atoms with E-state index in [2.05, 4.69) is 10.3 Å². The highest BCUT2D eigenvalue weighted by Gasteiger charge is 2.35. The molecular weight excluding hydrogens is 170 g/mol. The van der Waals surface area contributed by atoms with Gasteiger partial charge >= 0.3 is 0 Å². The molecule has 1 aliphatic heterocycles. The van der Waals surface area contributed by atoms with Crippen LogP contribution in [0.15, 0.2) is 6.20 Å². The van der Waals surface area contributed by atoms with Crippen molar-refractivity contribution in [2.24, 2.45) is 7.05 Å². The quantitative estimate of drug-likeness (QED) is 0.655. The Bertz CT molecular complexity index is 291. The second kappa shape index (κ2) is 3.08. The Kier molecular flexibility index (Phi) is 2.05. The van der Waals surface area contributed by atoms with Gasteiger partial charge in [-0.05, 0) is 12.8 Å². The predicted octanol–water partition coefficient (Wildman–Crippen LogP) is -0.187. The molecule has 1 fully saturated rings. The zero-order valence-corrected chi connectivity index (χ0v) is 7.60. The number of aliphatic hydroxyl groups is 1. The molecule has 0 saturated carbocycles. The highest BCUT2D eigenvalue weighted by molar-refractivity contribution is 5.08. The summed E-state index contributed by atoms with van der Waals surface area (Å²) < 4.78 is 6.84. The summed E-state index contributed by atoms with van der Waals surface area (Å²) in [7, 11) is 1.77. The first kappa shape index (κ1) is 8.65. The van der Waals surface area contributed by atoms with E-state index in [9.17, 15) is 5.11 Å². The molecule has 0 amide bonds. The Labute approximate surface area is 76.3 Å². The fourth-order valence-electron chi connectivity index (χ4n) is 1.69. The van der Waals surface area contributed by atoms with Crippen molar-refractivity contribution in [2.75, 3.05) is 13.2 Å². The molecule has 13 heavy (non-hydrogen) atoms. The molecule has 0 bridgehead atoms. The fourth-order valence-corrected chi connectivity index (χ4v) is 1.69. The molecule has 1 aliphatic rings. The molecule has 1 atom stereocenters. The summed E-state index contributed by atoms with van der Waals surface area (Å²) in [5.74, 6) is 0. The van der Waals surface area contributed by atoms with Gasteiger partial charge in [-0.2, -0.15) is 0 Å². The van der Waals surface area contributed by atoms with Crippen molar-refractivity contribution >= 4 is 0 Å². The van der Waals surface area contributed by atoms with Crippen LogP contribution in [0, 0.1) is 0 Å². The maximum Gasteiger partial charge on any atom is 0.131 e. The van der Waals surface area contributed by atoms with Crippen molar-refractivity contribution in [2.45, 2.75) is 18.4 Å². The van der Waals surface area contributed by atoms with Gasteiger partial charge in [0.15, 0.2) is 0 Å². The maximum absolute atomic E-state index is 10.2. The first-order chi connectivity index (χ1) is 6.22. The van der Waals surface area contributed by atoms with Crippen molar-refractivity contribution in [3.8, 4) is 0 Å². The van der Waals surface area contributed by atoms with E-state index in [1.54, 1.807) is 17.9 Å². The third kappa shape index (κ3) is 1.45. The van der Waals surface area contributed by atoms with Gasteiger partial charge in [0.2, 0.25) is 0 Å². The largest absolute Gasteiger partial charge is 0.381 e. The van der Waals surface area contributed by atoms with E-state index in [-0.39, 0.29) is 0 Å². The molecule has 2 heterocycles. The molecule has 1 unspecified atom stereocenters. The maximum atomic E-state index is 10.2. The van der Waals surface area contributed by atoms with Crippen LogP contribution >= 0.6 is 0 Å². The van der Waals surface area contributed by atoms with Gasteiger partial charge in [-0.25, -0.2) is 4.68 Å². The minimum absolute atomic E-state index is 0.341. The number of hydrogen-bond acceptors (Lipinski definition) is 4. The molecule has 1 aromatic heterocycles. The summed E-state index contributed by atoms with van der Waals surface area (Å²) in [5.41, 5.74) is -0.163. The average Bonchev–Trinajstić information content (AvgIpc) is 2.53. The predicted molar refractivity (Wildman–Crippen MR) is 45.0 cm³/mol. The van der Waals surface area contributed by atoms with Crippen LogP contribution < -0.4 is 0 Å². The van der Waals surface area contributed by atoms with E-state index in [1.165, 1.54) is 0 Å². The third-order valence-corrected chi connectivity index (χ3v) is 2.41. The van der Waals surface area contributed by atoms with Crippen LogP contribution in [0.1, 0.15) is 18.5 Å². The van der Waals surface area contributed by atoms with Crippen LogP contribution in [0.4, 0.5) is 0 Å². The van der Waals surface area contributed by atoms with Gasteiger partial charge in [-0.15, -0.1) is 5.10 Å². The molecule has 1 N–H and O–H groups in total. The van der Waals surface area contributed by atoms with Gasteiger partial charge in [0.1, 0.15) is 5.60 Å². The number of rotatable bonds is 1. The number of aryl methyl sites for hydroxylation is 1. The van der Waals surface area contributed by atoms with E-state index in [4.69, 9.17) is 4.74 Å². The molecule has 2 rings (SSSR count). The minimum atomic E-state index is -0.892. The van der Waals surface area contributed by atoms with Crippen LogP contribution in [0.3, 0.4) is 0 Å². The topological polar surface area (TPSA) is 60.2 Å². The van der Waals surface area contributed by atoms with E-state index in [1.807, 2.05) is 0 Å². The molecule has 72 valence electrons. The first-order valence-corrected chi connectivity index (χ1v) is 4.38. The van der Waals surface area contributed by atoms with Gasteiger partial charge in [-0.1, -0.05) is 5.21 Å². The first-order valence-electron chi connectivity index (χ1n) is 4.38. The summed E-state index contributed by atoms with van der Waals surface area (Å²) >= 11 is 0. The Morgan fingerprint density at radius 1 is 1.69 bits per heavy atom. The normalized spacial score (nSPS) is 29.1. The molecule has 5 nitrogen and oxygen atoms in total. The highest BCUT2D eigenvalue weighted by atomic mass is 16.5. The van der Waals surface area contributed by atoms with E-state index in [0.717, 1.165) is 18.7 Å². The smallest absolute Gasteiger partial charge is 0.131 e. The number of aromatic nitrogens is 3. The molecule has 0 radical (unpaired) electrons. The van der Waals surface area contributed by atoms with Crippen molar-refractivity contribution in [3.05, 3.63) is 11.9 Å². The molecule has 1 aromatic rings. The van der Waals surface area contributed by atoms with Gasteiger partial charge < -0.3 is 9.84 Å². The van der Waals surface area contributed by atoms with Crippen molar-refractivity contribution < 1.29 is 9.84 Å². The molecule has 0 spiro atoms. The van der Waals surface area contributed by atoms with Crippen LogP contribution in [0.25, 0.3) is 0 Å². The number of nitrogens with zero attached hydrogens (tertiary/aromatic N) is 3. The molecule has 0 aliphatic carbocycles. The fraction of sp³-hybridized carbons (Fsp3) is 0.750. The summed E-state index contributed by atoms with van der Waals surface area (Å²) in [6.45, 7) is 1.07. The van der Waals surface area contributed by atoms with E-state index in [0.29, 0.717) is 13.0 Å². The minimum Gasteiger partial charge on any atom is -0.381 e. The summed E-state index contributed by atoms with van der Waals surface area (Å²) in [4.78, 5) is 0. The Morgan fingerprint density at radius 2 is 2.54 bits per heavy atom. The second-order valence-corrected chi connectivity index (χ2v) is 3.43. The zero-order valence-electron chi connectivity index (χ0n) is 7.60. The van der Waals surface area contributed by atoms with Crippen molar-refractivity contribution in [1.82, 2.24) is 15.0 Å². The van der Waals surface area contributed by atoms with Crippen molar-refractivity contribution in [3.63, 3.8) is 0 Å². The summed E-state index contributed by atoms with van der Waals surface area (Å²) in [6, 6.07) is 0. The molecule has 0 aromatic carbocycles. The molecule has 5 heteroatoms. The van der Waals surface area contributed by atoms with Crippen LogP contribution in [0.2, 0.25) is 0 Å². The highest BCUT2D eigenvalue weighted by Crippen LogP contribution is 2.28. The third-order valence-electron chi connectivity index (χ3n) is 2.41. The van der Waals surface area contributed by atoms with Gasteiger partial charge in [0.05, 0.1) is 18.5 Å². The Balaban J connectivity index is 2.27. The van der Waals surface area contributed by atoms with Gasteiger partial charge in [0, 0.05) is 13.7 Å². The van der Waals surface area contributed by atoms with Gasteiger partial charge in [0.25, 0.3) is 0 Å². The number of ether oxygens (including phenoxy) is 1. The summed E-state index contributed by atoms with van der Waals surface area (Å²) in [5, 5.41) is 17.7. The lowest BCUT2D eigenvalue weighted by molar-refractivity contribution is -0.0947. The molecule has 1 saturated heterocycles. The lowest BCUT2D eigenvalue weighted by Crippen LogP contribution is -2.37. The average molecular weight is 183 g/mol.